The van der Waals surface area contributed by atoms with Crippen molar-refractivity contribution < 1.29 is 40.5 Å². The summed E-state index contributed by atoms with van der Waals surface area (Å²) >= 11 is 0. The molecular weight excluding hydrogens is 713 g/mol. The summed E-state index contributed by atoms with van der Waals surface area (Å²) in [6.07, 6.45) is 13.8. The maximum absolute atomic E-state index is 10.9. The second kappa shape index (κ2) is 27.4. The number of hydrogen-bond donors (Lipinski definition) is 0. The average molecular weight is 797 g/mol. The summed E-state index contributed by atoms with van der Waals surface area (Å²) in [5, 5.41) is 0. The van der Waals surface area contributed by atoms with Crippen LogP contribution in [-0.2, 0) is 43.4 Å². The summed E-state index contributed by atoms with van der Waals surface area (Å²) < 4.78 is 68.8. The van der Waals surface area contributed by atoms with Gasteiger partial charge in [-0.25, -0.2) is 16.8 Å². The highest BCUT2D eigenvalue weighted by molar-refractivity contribution is 7.91. The van der Waals surface area contributed by atoms with Crippen molar-refractivity contribution in [2.24, 2.45) is 40.4 Å². The molecular formula is C42H84O9S2. The Hall–Kier alpha value is -0.300. The molecule has 3 unspecified atom stereocenters. The van der Waals surface area contributed by atoms with E-state index in [0.29, 0.717) is 45.7 Å². The van der Waals surface area contributed by atoms with Crippen LogP contribution in [-0.4, -0.2) is 106 Å². The minimum absolute atomic E-state index is 0.422. The van der Waals surface area contributed by atoms with Gasteiger partial charge in [0.25, 0.3) is 0 Å². The quantitative estimate of drug-likeness (QED) is 0.269. The molecule has 3 atom stereocenters. The molecule has 7 aliphatic rings. The van der Waals surface area contributed by atoms with Crippen molar-refractivity contribution in [2.75, 3.05) is 89.1 Å². The van der Waals surface area contributed by atoms with Gasteiger partial charge >= 0.3 is 0 Å². The Morgan fingerprint density at radius 3 is 1.19 bits per heavy atom. The third kappa shape index (κ3) is 24.2. The summed E-state index contributed by atoms with van der Waals surface area (Å²) in [6.45, 7) is 29.7. The molecule has 7 heterocycles. The fourth-order valence-corrected chi connectivity index (χ4v) is 9.91. The number of sulfone groups is 2. The molecule has 0 aromatic heterocycles. The van der Waals surface area contributed by atoms with Crippen molar-refractivity contribution in [3.63, 3.8) is 0 Å². The topological polar surface area (TPSA) is 114 Å². The Bertz CT molecular complexity index is 1080. The van der Waals surface area contributed by atoms with Crippen LogP contribution in [0.3, 0.4) is 0 Å². The van der Waals surface area contributed by atoms with Gasteiger partial charge < -0.3 is 23.7 Å². The summed E-state index contributed by atoms with van der Waals surface area (Å²) in [5.41, 5.74) is 1.06. The first-order valence-corrected chi connectivity index (χ1v) is 25.0. The second-order valence-corrected chi connectivity index (χ2v) is 21.9. The van der Waals surface area contributed by atoms with E-state index >= 15 is 0 Å². The van der Waals surface area contributed by atoms with Crippen molar-refractivity contribution in [1.82, 2.24) is 0 Å². The van der Waals surface area contributed by atoms with Gasteiger partial charge in [-0.1, -0.05) is 81.6 Å². The molecule has 7 fully saturated rings. The maximum atomic E-state index is 10.9. The van der Waals surface area contributed by atoms with Gasteiger partial charge in [-0.15, -0.1) is 0 Å². The fraction of sp³-hybridized carbons (Fsp3) is 1.00. The van der Waals surface area contributed by atoms with Crippen LogP contribution < -0.4 is 0 Å². The summed E-state index contributed by atoms with van der Waals surface area (Å²) in [4.78, 5) is 0. The normalized spacial score (nSPS) is 29.8. The van der Waals surface area contributed by atoms with Crippen LogP contribution in [0.5, 0.6) is 0 Å². The van der Waals surface area contributed by atoms with Crippen molar-refractivity contribution in [1.29, 1.82) is 0 Å². The van der Waals surface area contributed by atoms with Crippen LogP contribution in [0.1, 0.15) is 139 Å². The van der Waals surface area contributed by atoms with E-state index in [1.807, 2.05) is 6.92 Å². The SMILES string of the molecule is CC1CCOC1.CC1COC1.CCC1(C)CCOC1.CCC1(C)COC1.CCC1CCOCC1.CCC1CCS(=O)(=O)C1.CCC1CCS(=O)(=O)CC1. The molecule has 53 heavy (non-hydrogen) atoms. The Balaban J connectivity index is 0.000000312. The van der Waals surface area contributed by atoms with Gasteiger partial charge in [-0.2, -0.15) is 0 Å². The predicted molar refractivity (Wildman–Crippen MR) is 220 cm³/mol. The van der Waals surface area contributed by atoms with Gasteiger partial charge in [0.05, 0.1) is 56.0 Å². The van der Waals surface area contributed by atoms with Gasteiger partial charge in [0.15, 0.2) is 9.84 Å². The van der Waals surface area contributed by atoms with E-state index in [0.717, 1.165) is 116 Å². The van der Waals surface area contributed by atoms with E-state index in [9.17, 15) is 16.8 Å². The zero-order valence-corrected chi connectivity index (χ0v) is 37.4. The molecule has 7 saturated heterocycles. The van der Waals surface area contributed by atoms with Crippen molar-refractivity contribution >= 4 is 19.7 Å². The Morgan fingerprint density at radius 2 is 0.962 bits per heavy atom. The molecule has 0 spiro atoms. The number of ether oxygens (including phenoxy) is 5. The van der Waals surface area contributed by atoms with E-state index in [1.165, 1.54) is 44.9 Å². The second-order valence-electron chi connectivity index (χ2n) is 17.4. The lowest BCUT2D eigenvalue weighted by Gasteiger charge is -2.36. The van der Waals surface area contributed by atoms with E-state index in [4.69, 9.17) is 23.7 Å². The zero-order chi connectivity index (χ0) is 39.8. The minimum Gasteiger partial charge on any atom is -0.381 e. The minimum atomic E-state index is -2.63. The Kier molecular flexibility index (Phi) is 26.2. The van der Waals surface area contributed by atoms with Crippen molar-refractivity contribution in [3.05, 3.63) is 0 Å². The van der Waals surface area contributed by atoms with Gasteiger partial charge in [-0.3, -0.25) is 0 Å². The molecule has 0 radical (unpaired) electrons. The zero-order valence-electron chi connectivity index (χ0n) is 35.8. The van der Waals surface area contributed by atoms with Gasteiger partial charge in [-0.05, 0) is 86.9 Å². The molecule has 0 bridgehead atoms. The smallest absolute Gasteiger partial charge is 0.150 e. The fourth-order valence-electron chi connectivity index (χ4n) is 6.34. The van der Waals surface area contributed by atoms with Gasteiger partial charge in [0.1, 0.15) is 9.84 Å². The first kappa shape index (κ1) is 50.7. The van der Waals surface area contributed by atoms with Crippen LogP contribution in [0.4, 0.5) is 0 Å². The van der Waals surface area contributed by atoms with Gasteiger partial charge in [0.2, 0.25) is 0 Å². The van der Waals surface area contributed by atoms with Gasteiger partial charge in [0, 0.05) is 44.4 Å². The lowest BCUT2D eigenvalue weighted by atomic mass is 9.86. The molecule has 0 amide bonds. The Morgan fingerprint density at radius 1 is 0.491 bits per heavy atom. The molecule has 11 heteroatoms. The summed E-state index contributed by atoms with van der Waals surface area (Å²) in [5.74, 6) is 5.45. The standard InChI is InChI=1S/C7H14O2S.2C7H14O.C6H12O2S.C6H12O.C5H10O.C4H8O/c1-2-7-3-5-10(8,9)6-4-7;1-3-7(2)4-5-8-6-7;1-2-7-3-5-8-6-4-7;1-2-6-3-4-9(7,8)5-6;1-3-6(2)4-7-5-6;1-5-2-3-6-4-5;1-4-2-5-3-4/h7H,2-6H2,1H3;3-6H2,1-2H3;7H,2-6H2,1H3;6H,2-5H2,1H3;3-5H2,1-2H3;5H,2-4H2,1H3;4H,2-3H2,1H3. The van der Waals surface area contributed by atoms with Crippen LogP contribution in [0.15, 0.2) is 0 Å². The van der Waals surface area contributed by atoms with Crippen LogP contribution >= 0.6 is 0 Å². The molecule has 0 saturated carbocycles. The predicted octanol–water partition coefficient (Wildman–Crippen LogP) is 8.83. The van der Waals surface area contributed by atoms with E-state index in [-0.39, 0.29) is 0 Å². The number of rotatable bonds is 5. The molecule has 0 aliphatic carbocycles. The maximum Gasteiger partial charge on any atom is 0.150 e. The molecule has 0 aromatic rings. The summed E-state index contributed by atoms with van der Waals surface area (Å²) in [7, 11) is -5.23. The van der Waals surface area contributed by atoms with Crippen molar-refractivity contribution in [3.8, 4) is 0 Å². The average Bonchev–Trinajstić information content (AvgIpc) is 3.89. The summed E-state index contributed by atoms with van der Waals surface area (Å²) in [6, 6.07) is 0. The Labute approximate surface area is 328 Å². The highest BCUT2D eigenvalue weighted by atomic mass is 32.2. The molecule has 318 valence electrons. The highest BCUT2D eigenvalue weighted by Gasteiger charge is 2.30. The molecule has 7 rings (SSSR count). The van der Waals surface area contributed by atoms with Crippen LogP contribution in [0, 0.1) is 40.4 Å². The van der Waals surface area contributed by atoms with E-state index < -0.39 is 19.7 Å². The third-order valence-corrected chi connectivity index (χ3v) is 15.5. The monoisotopic (exact) mass is 797 g/mol. The highest BCUT2D eigenvalue weighted by Crippen LogP contribution is 2.31. The van der Waals surface area contributed by atoms with Crippen molar-refractivity contribution in [2.45, 2.75) is 139 Å². The largest absolute Gasteiger partial charge is 0.381 e. The molecule has 0 N–H and O–H groups in total. The lowest BCUT2D eigenvalue weighted by molar-refractivity contribution is -0.103. The molecule has 0 aromatic carbocycles. The van der Waals surface area contributed by atoms with Crippen LogP contribution in [0.2, 0.25) is 0 Å². The first-order chi connectivity index (χ1) is 25.0. The molecule has 9 nitrogen and oxygen atoms in total. The lowest BCUT2D eigenvalue weighted by Crippen LogP contribution is -2.38. The van der Waals surface area contributed by atoms with E-state index in [1.54, 1.807) is 0 Å². The van der Waals surface area contributed by atoms with Crippen LogP contribution in [0.25, 0.3) is 0 Å². The first-order valence-electron chi connectivity index (χ1n) is 21.3. The third-order valence-electron chi connectivity index (χ3n) is 11.9. The van der Waals surface area contributed by atoms with E-state index in [2.05, 4.69) is 55.4 Å². The molecule has 7 aliphatic heterocycles. The number of hydrogen-bond acceptors (Lipinski definition) is 9.